The highest BCUT2D eigenvalue weighted by Crippen LogP contribution is 2.43. The predicted molar refractivity (Wildman–Crippen MR) is 150 cm³/mol. The largest absolute Gasteiger partial charge is 0.507 e. The van der Waals surface area contributed by atoms with Crippen molar-refractivity contribution in [3.8, 4) is 11.5 Å². The predicted octanol–water partition coefficient (Wildman–Crippen LogP) is 5.81. The lowest BCUT2D eigenvalue weighted by Gasteiger charge is -2.25. The summed E-state index contributed by atoms with van der Waals surface area (Å²) in [6, 6.07) is 17.4. The molecule has 2 heterocycles. The molecule has 0 bridgehead atoms. The van der Waals surface area contributed by atoms with Gasteiger partial charge in [0.25, 0.3) is 5.78 Å². The van der Waals surface area contributed by atoms with Crippen LogP contribution in [0.15, 0.2) is 66.2 Å². The van der Waals surface area contributed by atoms with Crippen LogP contribution in [0.2, 0.25) is 0 Å². The average molecular weight is 526 g/mol. The van der Waals surface area contributed by atoms with E-state index in [4.69, 9.17) is 9.47 Å². The zero-order valence-electron chi connectivity index (χ0n) is 22.8. The number of nitrogens with zero attached hydrogens (tertiary/aromatic N) is 2. The number of rotatable bonds is 5. The van der Waals surface area contributed by atoms with Gasteiger partial charge in [0.1, 0.15) is 17.3 Å². The molecule has 1 amide bonds. The maximum Gasteiger partial charge on any atom is 0.302 e. The molecule has 1 atom stereocenters. The van der Waals surface area contributed by atoms with Crippen molar-refractivity contribution < 1.29 is 24.2 Å². The number of anilines is 1. The molecule has 0 saturated carbocycles. The second-order valence-corrected chi connectivity index (χ2v) is 10.7. The summed E-state index contributed by atoms with van der Waals surface area (Å²) >= 11 is 0. The number of nitrogens with one attached hydrogen (secondary N) is 1. The number of aliphatic hydroxyl groups is 1. The minimum absolute atomic E-state index is 0.0632. The molecule has 8 nitrogen and oxygen atoms in total. The molecule has 1 aliphatic rings. The van der Waals surface area contributed by atoms with Crippen LogP contribution in [0.1, 0.15) is 49.1 Å². The van der Waals surface area contributed by atoms with Crippen LogP contribution in [0.4, 0.5) is 5.95 Å². The van der Waals surface area contributed by atoms with Gasteiger partial charge in [-0.05, 0) is 59.4 Å². The number of aromatic nitrogens is 2. The van der Waals surface area contributed by atoms with Crippen molar-refractivity contribution in [3.63, 3.8) is 0 Å². The lowest BCUT2D eigenvalue weighted by atomic mass is 9.85. The van der Waals surface area contributed by atoms with Gasteiger partial charge in [0.15, 0.2) is 0 Å². The van der Waals surface area contributed by atoms with Crippen LogP contribution in [0.5, 0.6) is 11.5 Å². The van der Waals surface area contributed by atoms with Crippen LogP contribution in [0.25, 0.3) is 16.8 Å². The first kappa shape index (κ1) is 26.0. The molecule has 200 valence electrons. The molecule has 1 saturated heterocycles. The molecule has 39 heavy (non-hydrogen) atoms. The van der Waals surface area contributed by atoms with E-state index < -0.39 is 17.7 Å². The van der Waals surface area contributed by atoms with Crippen LogP contribution in [-0.2, 0) is 15.0 Å². The van der Waals surface area contributed by atoms with Gasteiger partial charge >= 0.3 is 5.91 Å². The number of aryl methyl sites for hydroxylation is 1. The lowest BCUT2D eigenvalue weighted by molar-refractivity contribution is -0.132. The van der Waals surface area contributed by atoms with Gasteiger partial charge in [0.2, 0.25) is 5.95 Å². The Bertz CT molecular complexity index is 1630. The number of H-pyrrole nitrogens is 1. The van der Waals surface area contributed by atoms with E-state index in [1.54, 1.807) is 18.2 Å². The van der Waals surface area contributed by atoms with E-state index in [0.29, 0.717) is 22.6 Å². The summed E-state index contributed by atoms with van der Waals surface area (Å²) in [5, 5.41) is 11.6. The van der Waals surface area contributed by atoms with Gasteiger partial charge in [-0.2, -0.15) is 0 Å². The number of aliphatic hydroxyl groups excluding tert-OH is 1. The Morgan fingerprint density at radius 2 is 1.69 bits per heavy atom. The van der Waals surface area contributed by atoms with E-state index in [1.807, 2.05) is 49.4 Å². The SMILES string of the molecule is COc1ccc(OC)c(/C(O)=C2\C(=O)C(=O)N(c3nc4ccc(C)cc4[nH]3)C2c2ccc(C(C)(C)C)cc2)c1. The van der Waals surface area contributed by atoms with Crippen molar-refractivity contribution in [1.82, 2.24) is 9.97 Å². The molecule has 1 fully saturated rings. The van der Waals surface area contributed by atoms with Crippen molar-refractivity contribution in [2.24, 2.45) is 0 Å². The number of methoxy groups -OCH3 is 2. The van der Waals surface area contributed by atoms with Crippen LogP contribution in [0.3, 0.4) is 0 Å². The molecule has 0 radical (unpaired) electrons. The molecular weight excluding hydrogens is 494 g/mol. The molecule has 5 rings (SSSR count). The summed E-state index contributed by atoms with van der Waals surface area (Å²) in [6.45, 7) is 8.29. The fourth-order valence-electron chi connectivity index (χ4n) is 4.90. The van der Waals surface area contributed by atoms with E-state index in [0.717, 1.165) is 16.6 Å². The molecule has 8 heteroatoms. The maximum absolute atomic E-state index is 13.6. The molecule has 3 aromatic carbocycles. The molecule has 0 aliphatic carbocycles. The molecule has 1 aromatic heterocycles. The number of aromatic amines is 1. The van der Waals surface area contributed by atoms with Gasteiger partial charge in [0.05, 0.1) is 42.4 Å². The monoisotopic (exact) mass is 525 g/mol. The summed E-state index contributed by atoms with van der Waals surface area (Å²) in [5.74, 6) is -0.952. The fourth-order valence-corrected chi connectivity index (χ4v) is 4.90. The van der Waals surface area contributed by atoms with Gasteiger partial charge in [-0.25, -0.2) is 4.98 Å². The Labute approximate surface area is 226 Å². The number of hydrogen-bond donors (Lipinski definition) is 2. The van der Waals surface area contributed by atoms with Crippen molar-refractivity contribution in [2.45, 2.75) is 39.2 Å². The lowest BCUT2D eigenvalue weighted by Crippen LogP contribution is -2.30. The Morgan fingerprint density at radius 3 is 2.33 bits per heavy atom. The molecule has 1 aliphatic heterocycles. The second kappa shape index (κ2) is 9.62. The zero-order chi connectivity index (χ0) is 28.1. The van der Waals surface area contributed by atoms with E-state index in [9.17, 15) is 14.7 Å². The standard InChI is InChI=1S/C31H31N3O5/c1-17-7-13-22-23(15-17)33-30(32-22)34-26(18-8-10-19(11-9-18)31(2,3)4)25(28(36)29(34)37)27(35)21-16-20(38-5)12-14-24(21)39-6/h7-16,26,35H,1-6H3,(H,32,33)/b27-25+. The summed E-state index contributed by atoms with van der Waals surface area (Å²) in [6.07, 6.45) is 0. The molecular formula is C31H31N3O5. The Morgan fingerprint density at radius 1 is 0.974 bits per heavy atom. The Balaban J connectivity index is 1.75. The van der Waals surface area contributed by atoms with Gasteiger partial charge in [-0.3, -0.25) is 14.5 Å². The summed E-state index contributed by atoms with van der Waals surface area (Å²) in [4.78, 5) is 36.4. The zero-order valence-corrected chi connectivity index (χ0v) is 22.8. The van der Waals surface area contributed by atoms with E-state index in [-0.39, 0.29) is 28.3 Å². The highest BCUT2D eigenvalue weighted by molar-refractivity contribution is 6.51. The topological polar surface area (TPSA) is 105 Å². The summed E-state index contributed by atoms with van der Waals surface area (Å²) in [5.41, 5.74) is 4.26. The second-order valence-electron chi connectivity index (χ2n) is 10.7. The van der Waals surface area contributed by atoms with Crippen molar-refractivity contribution >= 4 is 34.4 Å². The molecule has 0 spiro atoms. The number of carbonyl (C=O) groups excluding carboxylic acids is 2. The van der Waals surface area contributed by atoms with Gasteiger partial charge in [-0.15, -0.1) is 0 Å². The number of benzene rings is 3. The number of ether oxygens (including phenoxy) is 2. The average Bonchev–Trinajstić information content (AvgIpc) is 3.44. The fraction of sp³-hybridized carbons (Fsp3) is 0.258. The number of imidazole rings is 1. The summed E-state index contributed by atoms with van der Waals surface area (Å²) in [7, 11) is 2.97. The van der Waals surface area contributed by atoms with Crippen LogP contribution >= 0.6 is 0 Å². The third-order valence-electron chi connectivity index (χ3n) is 7.05. The quantitative estimate of drug-likeness (QED) is 0.194. The third-order valence-corrected chi connectivity index (χ3v) is 7.05. The highest BCUT2D eigenvalue weighted by atomic mass is 16.5. The van der Waals surface area contributed by atoms with Gasteiger partial charge in [-0.1, -0.05) is 51.1 Å². The smallest absolute Gasteiger partial charge is 0.302 e. The van der Waals surface area contributed by atoms with Crippen molar-refractivity contribution in [2.75, 3.05) is 19.1 Å². The number of ketones is 1. The van der Waals surface area contributed by atoms with Crippen LogP contribution in [0, 0.1) is 6.92 Å². The number of Topliss-reactive ketones (excluding diaryl/α,β-unsaturated/α-hetero) is 1. The van der Waals surface area contributed by atoms with Crippen molar-refractivity contribution in [3.05, 3.63) is 88.5 Å². The number of fused-ring (bicyclic) bond motifs is 1. The highest BCUT2D eigenvalue weighted by Gasteiger charge is 2.48. The summed E-state index contributed by atoms with van der Waals surface area (Å²) < 4.78 is 10.8. The van der Waals surface area contributed by atoms with Crippen molar-refractivity contribution in [1.29, 1.82) is 0 Å². The molecule has 4 aromatic rings. The maximum atomic E-state index is 13.6. The first-order valence-corrected chi connectivity index (χ1v) is 12.6. The number of hydrogen-bond acceptors (Lipinski definition) is 6. The van der Waals surface area contributed by atoms with Gasteiger partial charge in [0, 0.05) is 0 Å². The number of carbonyl (C=O) groups is 2. The van der Waals surface area contributed by atoms with Crippen LogP contribution < -0.4 is 14.4 Å². The first-order valence-electron chi connectivity index (χ1n) is 12.6. The normalized spacial score (nSPS) is 17.2. The van der Waals surface area contributed by atoms with E-state index in [2.05, 4.69) is 30.7 Å². The Hall–Kier alpha value is -4.59. The van der Waals surface area contributed by atoms with Gasteiger partial charge < -0.3 is 19.6 Å². The first-order chi connectivity index (χ1) is 18.5. The van der Waals surface area contributed by atoms with E-state index >= 15 is 0 Å². The minimum Gasteiger partial charge on any atom is -0.507 e. The Kier molecular flexibility index (Phi) is 6.42. The number of amides is 1. The minimum atomic E-state index is -0.934. The van der Waals surface area contributed by atoms with Crippen LogP contribution in [-0.4, -0.2) is 41.0 Å². The van der Waals surface area contributed by atoms with E-state index in [1.165, 1.54) is 19.1 Å². The molecule has 1 unspecified atom stereocenters. The molecule has 2 N–H and O–H groups in total. The third kappa shape index (κ3) is 4.52.